The fraction of sp³-hybridized carbons (Fsp3) is 0.412. The summed E-state index contributed by atoms with van der Waals surface area (Å²) in [7, 11) is 1.14. The molecule has 0 saturated carbocycles. The number of aliphatic hydroxyl groups excluding tert-OH is 1. The molecule has 1 amide bonds. The maximum absolute atomic E-state index is 12.4. The lowest BCUT2D eigenvalue weighted by Crippen LogP contribution is -2.61. The van der Waals surface area contributed by atoms with Crippen molar-refractivity contribution in [1.29, 1.82) is 0 Å². The van der Waals surface area contributed by atoms with E-state index in [-0.39, 0.29) is 31.8 Å². The SMILES string of the molecule is COC(=O)[C@@]1(O)CCN(C(=O)Cc2cc3ccccc3o2)C[C@@H]1O. The van der Waals surface area contributed by atoms with Crippen molar-refractivity contribution in [2.45, 2.75) is 24.5 Å². The van der Waals surface area contributed by atoms with Gasteiger partial charge in [-0.15, -0.1) is 0 Å². The van der Waals surface area contributed by atoms with E-state index in [2.05, 4.69) is 4.74 Å². The fourth-order valence-corrected chi connectivity index (χ4v) is 2.95. The van der Waals surface area contributed by atoms with Gasteiger partial charge in [0.1, 0.15) is 17.4 Å². The standard InChI is InChI=1S/C17H19NO6/c1-23-16(21)17(22)6-7-18(10-14(17)19)15(20)9-12-8-11-4-2-3-5-13(11)24-12/h2-5,8,14,19,22H,6-7,9-10H2,1H3/t14-,17+/m0/s1. The molecule has 0 bridgehead atoms. The fourth-order valence-electron chi connectivity index (χ4n) is 2.95. The van der Waals surface area contributed by atoms with Crippen molar-refractivity contribution in [3.05, 3.63) is 36.1 Å². The van der Waals surface area contributed by atoms with Gasteiger partial charge < -0.3 is 24.3 Å². The van der Waals surface area contributed by atoms with Gasteiger partial charge in [0, 0.05) is 18.4 Å². The normalized spacial score (nSPS) is 24.1. The number of likely N-dealkylation sites (tertiary alicyclic amines) is 1. The number of piperidine rings is 1. The molecule has 0 radical (unpaired) electrons. The average Bonchev–Trinajstić information content (AvgIpc) is 2.98. The van der Waals surface area contributed by atoms with Crippen LogP contribution in [-0.4, -0.2) is 58.9 Å². The van der Waals surface area contributed by atoms with Crippen molar-refractivity contribution in [1.82, 2.24) is 4.90 Å². The summed E-state index contributed by atoms with van der Waals surface area (Å²) in [5, 5.41) is 21.2. The summed E-state index contributed by atoms with van der Waals surface area (Å²) < 4.78 is 10.1. The maximum atomic E-state index is 12.4. The first-order chi connectivity index (χ1) is 11.4. The quantitative estimate of drug-likeness (QED) is 0.792. The van der Waals surface area contributed by atoms with Crippen LogP contribution in [0.25, 0.3) is 11.0 Å². The Morgan fingerprint density at radius 2 is 2.17 bits per heavy atom. The molecule has 1 saturated heterocycles. The molecule has 7 heteroatoms. The number of carbonyl (C=O) groups is 2. The molecule has 24 heavy (non-hydrogen) atoms. The Labute approximate surface area is 138 Å². The summed E-state index contributed by atoms with van der Waals surface area (Å²) in [4.78, 5) is 25.4. The number of nitrogens with zero attached hydrogens (tertiary/aromatic N) is 1. The highest BCUT2D eigenvalue weighted by Gasteiger charge is 2.48. The number of amides is 1. The van der Waals surface area contributed by atoms with Crippen LogP contribution in [0.3, 0.4) is 0 Å². The summed E-state index contributed by atoms with van der Waals surface area (Å²) in [5.41, 5.74) is -1.26. The van der Waals surface area contributed by atoms with Crippen molar-refractivity contribution in [2.24, 2.45) is 0 Å². The number of rotatable bonds is 3. The van der Waals surface area contributed by atoms with E-state index < -0.39 is 17.7 Å². The molecule has 2 aromatic rings. The van der Waals surface area contributed by atoms with Gasteiger partial charge in [-0.05, 0) is 12.1 Å². The van der Waals surface area contributed by atoms with Gasteiger partial charge in [0.2, 0.25) is 5.91 Å². The average molecular weight is 333 g/mol. The largest absolute Gasteiger partial charge is 0.467 e. The van der Waals surface area contributed by atoms with Gasteiger partial charge in [-0.1, -0.05) is 18.2 Å². The van der Waals surface area contributed by atoms with Crippen molar-refractivity contribution in [2.75, 3.05) is 20.2 Å². The monoisotopic (exact) mass is 333 g/mol. The topological polar surface area (TPSA) is 100 Å². The van der Waals surface area contributed by atoms with E-state index in [9.17, 15) is 19.8 Å². The zero-order chi connectivity index (χ0) is 17.3. The van der Waals surface area contributed by atoms with Crippen LogP contribution in [0.1, 0.15) is 12.2 Å². The van der Waals surface area contributed by atoms with Crippen LogP contribution < -0.4 is 0 Å². The molecule has 2 atom stereocenters. The van der Waals surface area contributed by atoms with Gasteiger partial charge in [-0.3, -0.25) is 4.79 Å². The van der Waals surface area contributed by atoms with Crippen LogP contribution in [0, 0.1) is 0 Å². The highest BCUT2D eigenvalue weighted by Crippen LogP contribution is 2.25. The third-order valence-corrected chi connectivity index (χ3v) is 4.40. The molecule has 7 nitrogen and oxygen atoms in total. The molecule has 1 fully saturated rings. The first-order valence-electron chi connectivity index (χ1n) is 7.68. The van der Waals surface area contributed by atoms with Gasteiger partial charge in [0.05, 0.1) is 20.1 Å². The lowest BCUT2D eigenvalue weighted by Gasteiger charge is -2.39. The Bertz CT molecular complexity index is 736. The molecule has 0 spiro atoms. The number of β-amino-alcohol motifs (C(OH)–C–C–N with tert-alkyl or cyclic N) is 1. The molecular formula is C17H19NO6. The van der Waals surface area contributed by atoms with Crippen LogP contribution >= 0.6 is 0 Å². The van der Waals surface area contributed by atoms with Crippen LogP contribution in [-0.2, 0) is 20.7 Å². The lowest BCUT2D eigenvalue weighted by atomic mass is 9.88. The summed E-state index contributed by atoms with van der Waals surface area (Å²) >= 11 is 0. The summed E-state index contributed by atoms with van der Waals surface area (Å²) in [6.07, 6.45) is -1.41. The van der Waals surface area contributed by atoms with Crippen molar-refractivity contribution in [3.8, 4) is 0 Å². The van der Waals surface area contributed by atoms with Crippen LogP contribution in [0.4, 0.5) is 0 Å². The van der Waals surface area contributed by atoms with Crippen LogP contribution in [0.2, 0.25) is 0 Å². The van der Waals surface area contributed by atoms with Gasteiger partial charge >= 0.3 is 5.97 Å². The molecule has 2 N–H and O–H groups in total. The number of aliphatic hydroxyl groups is 2. The minimum Gasteiger partial charge on any atom is -0.467 e. The Morgan fingerprint density at radius 1 is 1.42 bits per heavy atom. The first kappa shape index (κ1) is 16.5. The Hall–Kier alpha value is -2.38. The Balaban J connectivity index is 1.67. The third-order valence-electron chi connectivity index (χ3n) is 4.40. The molecule has 2 heterocycles. The minimum absolute atomic E-state index is 0.0536. The number of carbonyl (C=O) groups excluding carboxylic acids is 2. The first-order valence-corrected chi connectivity index (χ1v) is 7.68. The van der Waals surface area contributed by atoms with Gasteiger partial charge in [0.15, 0.2) is 5.60 Å². The molecule has 0 unspecified atom stereocenters. The smallest absolute Gasteiger partial charge is 0.340 e. The summed E-state index contributed by atoms with van der Waals surface area (Å²) in [6, 6.07) is 9.26. The van der Waals surface area contributed by atoms with E-state index in [1.54, 1.807) is 6.07 Å². The van der Waals surface area contributed by atoms with Crippen LogP contribution in [0.15, 0.2) is 34.7 Å². The lowest BCUT2D eigenvalue weighted by molar-refractivity contribution is -0.186. The van der Waals surface area contributed by atoms with E-state index >= 15 is 0 Å². The number of hydrogen-bond donors (Lipinski definition) is 2. The van der Waals surface area contributed by atoms with Crippen molar-refractivity contribution < 1.29 is 29.0 Å². The number of hydrogen-bond acceptors (Lipinski definition) is 6. The summed E-state index contributed by atoms with van der Waals surface area (Å²) in [5.74, 6) is -0.594. The molecule has 0 aliphatic carbocycles. The second-order valence-corrected chi connectivity index (χ2v) is 5.95. The predicted molar refractivity (Wildman–Crippen MR) is 84.1 cm³/mol. The number of fused-ring (bicyclic) bond motifs is 1. The molecule has 1 aromatic heterocycles. The number of methoxy groups -OCH3 is 1. The van der Waals surface area contributed by atoms with E-state index in [4.69, 9.17) is 4.42 Å². The zero-order valence-electron chi connectivity index (χ0n) is 13.3. The number of benzene rings is 1. The highest BCUT2D eigenvalue weighted by molar-refractivity contribution is 5.84. The van der Waals surface area contributed by atoms with E-state index in [1.165, 1.54) is 4.90 Å². The van der Waals surface area contributed by atoms with Crippen molar-refractivity contribution in [3.63, 3.8) is 0 Å². The molecular weight excluding hydrogens is 314 g/mol. The number of ether oxygens (including phenoxy) is 1. The van der Waals surface area contributed by atoms with E-state index in [1.807, 2.05) is 24.3 Å². The van der Waals surface area contributed by atoms with Gasteiger partial charge in [0.25, 0.3) is 0 Å². The molecule has 1 aliphatic heterocycles. The second kappa shape index (κ2) is 6.26. The Kier molecular flexibility index (Phi) is 4.29. The number of furan rings is 1. The third kappa shape index (κ3) is 2.88. The van der Waals surface area contributed by atoms with Crippen molar-refractivity contribution >= 4 is 22.8 Å². The minimum atomic E-state index is -1.97. The predicted octanol–water partition coefficient (Wildman–Crippen LogP) is 0.473. The van der Waals surface area contributed by atoms with E-state index in [0.717, 1.165) is 12.5 Å². The number of para-hydroxylation sites is 1. The molecule has 1 aliphatic rings. The zero-order valence-corrected chi connectivity index (χ0v) is 13.3. The van der Waals surface area contributed by atoms with Crippen LogP contribution in [0.5, 0.6) is 0 Å². The molecule has 128 valence electrons. The van der Waals surface area contributed by atoms with Gasteiger partial charge in [-0.2, -0.15) is 0 Å². The van der Waals surface area contributed by atoms with E-state index in [0.29, 0.717) is 11.3 Å². The maximum Gasteiger partial charge on any atom is 0.340 e. The summed E-state index contributed by atoms with van der Waals surface area (Å²) in [6.45, 7) is 0.0202. The molecule has 3 rings (SSSR count). The number of esters is 1. The van der Waals surface area contributed by atoms with Gasteiger partial charge in [-0.25, -0.2) is 4.79 Å². The molecule has 1 aromatic carbocycles. The Morgan fingerprint density at radius 3 is 2.83 bits per heavy atom. The highest BCUT2D eigenvalue weighted by atomic mass is 16.5. The second-order valence-electron chi connectivity index (χ2n) is 5.95.